The lowest BCUT2D eigenvalue weighted by atomic mass is 10.1. The van der Waals surface area contributed by atoms with Crippen molar-refractivity contribution >= 4 is 17.9 Å². The molecule has 0 rings (SSSR count). The summed E-state index contributed by atoms with van der Waals surface area (Å²) in [5.74, 6) is -1.02. The van der Waals surface area contributed by atoms with E-state index in [0.29, 0.717) is 19.3 Å². The van der Waals surface area contributed by atoms with Gasteiger partial charge in [-0.3, -0.25) is 14.4 Å². The van der Waals surface area contributed by atoms with E-state index >= 15 is 0 Å². The minimum absolute atomic E-state index is 0.118. The lowest BCUT2D eigenvalue weighted by Crippen LogP contribution is -2.30. The molecule has 6 heteroatoms. The molecular weight excluding hydrogens is 709 g/mol. The SMILES string of the molecule is CC\C=C/C=C\C=C/C=C\C=C\C=C/C=C\CCCCCC(=O)OCC(COC(=O)CCCC/C=C\C/C=C\CC)OC(=O)CCCCCCC/C=C\CCCC. The van der Waals surface area contributed by atoms with Crippen LogP contribution in [0.3, 0.4) is 0 Å². The quantitative estimate of drug-likeness (QED) is 0.0205. The summed E-state index contributed by atoms with van der Waals surface area (Å²) >= 11 is 0. The standard InChI is InChI=1S/C51H78O6/c1-4-7-10-13-16-19-21-22-23-24-25-26-27-28-30-32-35-38-41-44-50(53)56-47-48(46-55-49(52)43-40-37-34-31-18-15-12-9-6-3)57-51(54)45-42-39-36-33-29-20-17-14-11-8-5-2/h7,9-10,12-14,16-19,21-28,30-31,48H,4-6,8,11,15,20,29,32-47H2,1-3H3/b10-7-,12-9-,16-13-,17-14-,21-19-,23-22-,25-24+,27-26-,30-28-,31-18-. The third-order valence-electron chi connectivity index (χ3n) is 8.63. The first kappa shape index (κ1) is 52.8. The Balaban J connectivity index is 4.51. The second-order valence-corrected chi connectivity index (χ2v) is 14.0. The monoisotopic (exact) mass is 787 g/mol. The second kappa shape index (κ2) is 44.5. The number of hydrogen-bond donors (Lipinski definition) is 0. The third kappa shape index (κ3) is 42.8. The molecule has 0 aliphatic heterocycles. The predicted octanol–water partition coefficient (Wildman–Crippen LogP) is 14.2. The zero-order chi connectivity index (χ0) is 41.5. The number of unbranched alkanes of at least 4 members (excludes halogenated alkanes) is 12. The van der Waals surface area contributed by atoms with Gasteiger partial charge in [0.15, 0.2) is 6.10 Å². The Hall–Kier alpha value is -4.19. The van der Waals surface area contributed by atoms with Crippen LogP contribution in [0.15, 0.2) is 122 Å². The summed E-state index contributed by atoms with van der Waals surface area (Å²) in [5, 5.41) is 0. The van der Waals surface area contributed by atoms with Crippen LogP contribution in [0.1, 0.15) is 162 Å². The van der Waals surface area contributed by atoms with Crippen molar-refractivity contribution in [3.63, 3.8) is 0 Å². The summed E-state index contributed by atoms with van der Waals surface area (Å²) in [7, 11) is 0. The molecule has 0 spiro atoms. The van der Waals surface area contributed by atoms with Gasteiger partial charge < -0.3 is 14.2 Å². The first-order valence-corrected chi connectivity index (χ1v) is 22.1. The zero-order valence-corrected chi connectivity index (χ0v) is 36.0. The smallest absolute Gasteiger partial charge is 0.306 e. The fourth-order valence-electron chi connectivity index (χ4n) is 5.32. The number of rotatable bonds is 37. The molecule has 0 aliphatic carbocycles. The molecule has 0 saturated heterocycles. The molecule has 0 N–H and O–H groups in total. The fourth-order valence-corrected chi connectivity index (χ4v) is 5.32. The molecule has 0 fully saturated rings. The number of carbonyl (C=O) groups excluding carboxylic acids is 3. The molecule has 0 heterocycles. The van der Waals surface area contributed by atoms with E-state index in [1.54, 1.807) is 0 Å². The summed E-state index contributed by atoms with van der Waals surface area (Å²) in [4.78, 5) is 37.6. The molecule has 0 radical (unpaired) electrons. The van der Waals surface area contributed by atoms with Gasteiger partial charge in [0, 0.05) is 19.3 Å². The van der Waals surface area contributed by atoms with Gasteiger partial charge in [-0.2, -0.15) is 0 Å². The van der Waals surface area contributed by atoms with Crippen LogP contribution >= 0.6 is 0 Å². The summed E-state index contributed by atoms with van der Waals surface area (Å²) in [6.45, 7) is 6.20. The molecule has 1 unspecified atom stereocenters. The highest BCUT2D eigenvalue weighted by Crippen LogP contribution is 2.11. The van der Waals surface area contributed by atoms with Crippen molar-refractivity contribution in [1.82, 2.24) is 0 Å². The second-order valence-electron chi connectivity index (χ2n) is 14.0. The number of allylic oxidation sites excluding steroid dienone is 20. The summed E-state index contributed by atoms with van der Waals surface area (Å²) in [5.41, 5.74) is 0. The summed E-state index contributed by atoms with van der Waals surface area (Å²) in [6, 6.07) is 0. The molecule has 0 aromatic heterocycles. The number of ether oxygens (including phenoxy) is 3. The average molecular weight is 787 g/mol. The van der Waals surface area contributed by atoms with Crippen LogP contribution in [0.4, 0.5) is 0 Å². The van der Waals surface area contributed by atoms with Crippen molar-refractivity contribution in [2.75, 3.05) is 13.2 Å². The van der Waals surface area contributed by atoms with Crippen molar-refractivity contribution in [2.24, 2.45) is 0 Å². The normalized spacial score (nSPS) is 13.2. The Kier molecular flexibility index (Phi) is 41.3. The molecule has 0 saturated carbocycles. The molecule has 318 valence electrons. The van der Waals surface area contributed by atoms with E-state index in [4.69, 9.17) is 14.2 Å². The minimum Gasteiger partial charge on any atom is -0.462 e. The Morgan fingerprint density at radius 1 is 0.386 bits per heavy atom. The van der Waals surface area contributed by atoms with Crippen molar-refractivity contribution in [3.8, 4) is 0 Å². The topological polar surface area (TPSA) is 78.9 Å². The Morgan fingerprint density at radius 2 is 0.772 bits per heavy atom. The van der Waals surface area contributed by atoms with Gasteiger partial charge in [-0.05, 0) is 83.5 Å². The lowest BCUT2D eigenvalue weighted by molar-refractivity contribution is -0.167. The molecule has 0 bridgehead atoms. The summed E-state index contributed by atoms with van der Waals surface area (Å²) < 4.78 is 16.6. The molecular formula is C51H78O6. The maximum Gasteiger partial charge on any atom is 0.306 e. The van der Waals surface area contributed by atoms with E-state index in [9.17, 15) is 14.4 Å². The van der Waals surface area contributed by atoms with Crippen molar-refractivity contribution in [2.45, 2.75) is 168 Å². The number of carbonyl (C=O) groups is 3. The third-order valence-corrected chi connectivity index (χ3v) is 8.63. The highest BCUT2D eigenvalue weighted by atomic mass is 16.6. The highest BCUT2D eigenvalue weighted by molar-refractivity contribution is 5.71. The molecule has 6 nitrogen and oxygen atoms in total. The van der Waals surface area contributed by atoms with Gasteiger partial charge in [0.25, 0.3) is 0 Å². The van der Waals surface area contributed by atoms with E-state index in [0.717, 1.165) is 103 Å². The van der Waals surface area contributed by atoms with Crippen LogP contribution in [0, 0.1) is 0 Å². The van der Waals surface area contributed by atoms with E-state index < -0.39 is 6.10 Å². The fraction of sp³-hybridized carbons (Fsp3) is 0.549. The van der Waals surface area contributed by atoms with Gasteiger partial charge in [0.2, 0.25) is 0 Å². The van der Waals surface area contributed by atoms with Gasteiger partial charge in [-0.15, -0.1) is 0 Å². The van der Waals surface area contributed by atoms with Crippen LogP contribution in [-0.4, -0.2) is 37.2 Å². The van der Waals surface area contributed by atoms with Crippen LogP contribution < -0.4 is 0 Å². The number of hydrogen-bond acceptors (Lipinski definition) is 6. The van der Waals surface area contributed by atoms with Gasteiger partial charge in [0.05, 0.1) is 0 Å². The predicted molar refractivity (Wildman–Crippen MR) is 242 cm³/mol. The van der Waals surface area contributed by atoms with Crippen LogP contribution in [0.5, 0.6) is 0 Å². The molecule has 1 atom stereocenters. The Bertz CT molecular complexity index is 1270. The number of esters is 3. The Morgan fingerprint density at radius 3 is 1.33 bits per heavy atom. The van der Waals surface area contributed by atoms with Crippen molar-refractivity contribution in [3.05, 3.63) is 122 Å². The van der Waals surface area contributed by atoms with E-state index in [-0.39, 0.29) is 31.1 Å². The van der Waals surface area contributed by atoms with Gasteiger partial charge in [-0.25, -0.2) is 0 Å². The largest absolute Gasteiger partial charge is 0.462 e. The van der Waals surface area contributed by atoms with E-state index in [1.807, 2.05) is 72.9 Å². The average Bonchev–Trinajstić information content (AvgIpc) is 3.21. The summed E-state index contributed by atoms with van der Waals surface area (Å²) in [6.07, 6.45) is 60.4. The molecule has 57 heavy (non-hydrogen) atoms. The highest BCUT2D eigenvalue weighted by Gasteiger charge is 2.19. The molecule has 0 aliphatic rings. The van der Waals surface area contributed by atoms with Crippen LogP contribution in [0.2, 0.25) is 0 Å². The Labute approximate surface area is 348 Å². The van der Waals surface area contributed by atoms with Crippen molar-refractivity contribution < 1.29 is 28.6 Å². The van der Waals surface area contributed by atoms with Gasteiger partial charge in [0.1, 0.15) is 13.2 Å². The first-order chi connectivity index (χ1) is 28.0. The maximum absolute atomic E-state index is 12.7. The zero-order valence-electron chi connectivity index (χ0n) is 36.0. The minimum atomic E-state index is -0.815. The van der Waals surface area contributed by atoms with Crippen LogP contribution in [-0.2, 0) is 28.6 Å². The van der Waals surface area contributed by atoms with Gasteiger partial charge >= 0.3 is 17.9 Å². The molecule has 0 amide bonds. The van der Waals surface area contributed by atoms with E-state index in [1.165, 1.54) is 19.3 Å². The molecule has 0 aromatic rings. The van der Waals surface area contributed by atoms with Crippen LogP contribution in [0.25, 0.3) is 0 Å². The first-order valence-electron chi connectivity index (χ1n) is 22.1. The lowest BCUT2D eigenvalue weighted by Gasteiger charge is -2.18. The van der Waals surface area contributed by atoms with E-state index in [2.05, 4.69) is 69.4 Å². The van der Waals surface area contributed by atoms with Gasteiger partial charge in [-0.1, -0.05) is 181 Å². The molecule has 0 aromatic carbocycles. The maximum atomic E-state index is 12.7. The van der Waals surface area contributed by atoms with Crippen molar-refractivity contribution in [1.29, 1.82) is 0 Å².